The zero-order valence-electron chi connectivity index (χ0n) is 21.7. The average Bonchev–Trinajstić information content (AvgIpc) is 2.88. The van der Waals surface area contributed by atoms with E-state index in [2.05, 4.69) is 5.32 Å². The summed E-state index contributed by atoms with van der Waals surface area (Å²) in [5.41, 5.74) is 2.42. The number of hydrogen-bond donors (Lipinski definition) is 1. The second-order valence-electron chi connectivity index (χ2n) is 8.94. The van der Waals surface area contributed by atoms with Gasteiger partial charge in [0, 0.05) is 23.1 Å². The summed E-state index contributed by atoms with van der Waals surface area (Å²) in [5.74, 6) is -0.932. The Hall–Kier alpha value is -3.07. The first kappa shape index (κ1) is 29.5. The van der Waals surface area contributed by atoms with Gasteiger partial charge < -0.3 is 10.2 Å². The molecule has 0 aliphatic heterocycles. The lowest BCUT2D eigenvalue weighted by Gasteiger charge is -2.32. The van der Waals surface area contributed by atoms with E-state index in [-0.39, 0.29) is 23.0 Å². The molecule has 0 saturated carbocycles. The molecule has 0 saturated heterocycles. The molecule has 0 aliphatic carbocycles. The van der Waals surface area contributed by atoms with Crippen molar-refractivity contribution in [3.05, 3.63) is 93.5 Å². The number of benzene rings is 3. The van der Waals surface area contributed by atoms with E-state index in [4.69, 9.17) is 23.2 Å². The Morgan fingerprint density at radius 3 is 2.26 bits per heavy atom. The third kappa shape index (κ3) is 6.87. The van der Waals surface area contributed by atoms with Gasteiger partial charge in [0.1, 0.15) is 12.6 Å². The predicted molar refractivity (Wildman–Crippen MR) is 152 cm³/mol. The summed E-state index contributed by atoms with van der Waals surface area (Å²) in [6.07, 6.45) is 0. The first-order chi connectivity index (χ1) is 17.9. The highest BCUT2D eigenvalue weighted by Gasteiger charge is 2.33. The Labute approximate surface area is 234 Å². The number of carbonyl (C=O) groups is 2. The summed E-state index contributed by atoms with van der Waals surface area (Å²) < 4.78 is 28.8. The van der Waals surface area contributed by atoms with Crippen LogP contribution in [-0.4, -0.2) is 44.3 Å². The van der Waals surface area contributed by atoms with Crippen molar-refractivity contribution in [2.75, 3.05) is 17.4 Å². The molecule has 1 atom stereocenters. The van der Waals surface area contributed by atoms with Crippen molar-refractivity contribution in [1.29, 1.82) is 0 Å². The van der Waals surface area contributed by atoms with Crippen LogP contribution in [0, 0.1) is 13.8 Å². The number of amides is 2. The fraction of sp³-hybridized carbons (Fsp3) is 0.286. The maximum absolute atomic E-state index is 13.9. The zero-order valence-corrected chi connectivity index (χ0v) is 24.1. The van der Waals surface area contributed by atoms with Crippen LogP contribution in [0.15, 0.2) is 71.6 Å². The standard InChI is InChI=1S/C28H31Cl2N3O4S/c1-5-31-28(35)21(4)32(17-22-8-6-7-9-25(22)30)27(34)18-33(26-16-23(29)13-12-20(26)3)38(36,37)24-14-10-19(2)11-15-24/h6-16,21H,5,17-18H2,1-4H3,(H,31,35)/t21-/m0/s1. The van der Waals surface area contributed by atoms with Crippen LogP contribution in [0.5, 0.6) is 0 Å². The molecule has 0 unspecified atom stereocenters. The molecule has 0 aliphatic rings. The quantitative estimate of drug-likeness (QED) is 0.352. The Bertz CT molecular complexity index is 1410. The topological polar surface area (TPSA) is 86.8 Å². The molecule has 3 aromatic carbocycles. The average molecular weight is 577 g/mol. The van der Waals surface area contributed by atoms with Gasteiger partial charge in [-0.25, -0.2) is 8.42 Å². The van der Waals surface area contributed by atoms with Crippen molar-refractivity contribution >= 4 is 50.7 Å². The number of sulfonamides is 1. The van der Waals surface area contributed by atoms with Crippen LogP contribution in [-0.2, 0) is 26.2 Å². The van der Waals surface area contributed by atoms with E-state index >= 15 is 0 Å². The minimum absolute atomic E-state index is 0.0176. The molecule has 3 aromatic rings. The van der Waals surface area contributed by atoms with Gasteiger partial charge in [-0.15, -0.1) is 0 Å². The second kappa shape index (κ2) is 12.7. The fourth-order valence-electron chi connectivity index (χ4n) is 3.92. The molecule has 3 rings (SSSR count). The lowest BCUT2D eigenvalue weighted by molar-refractivity contribution is -0.139. The molecular formula is C28H31Cl2N3O4S. The molecule has 2 amide bonds. The lowest BCUT2D eigenvalue weighted by atomic mass is 10.1. The lowest BCUT2D eigenvalue weighted by Crippen LogP contribution is -2.51. The molecule has 7 nitrogen and oxygen atoms in total. The first-order valence-electron chi connectivity index (χ1n) is 12.1. The van der Waals surface area contributed by atoms with Crippen LogP contribution in [0.3, 0.4) is 0 Å². The van der Waals surface area contributed by atoms with Gasteiger partial charge in [-0.05, 0) is 69.2 Å². The van der Waals surface area contributed by atoms with Gasteiger partial charge in [-0.3, -0.25) is 13.9 Å². The highest BCUT2D eigenvalue weighted by Crippen LogP contribution is 2.30. The summed E-state index contributed by atoms with van der Waals surface area (Å²) in [4.78, 5) is 28.0. The smallest absolute Gasteiger partial charge is 0.264 e. The van der Waals surface area contributed by atoms with Crippen LogP contribution in [0.4, 0.5) is 5.69 Å². The van der Waals surface area contributed by atoms with Crippen LogP contribution < -0.4 is 9.62 Å². The largest absolute Gasteiger partial charge is 0.355 e. The number of anilines is 1. The fourth-order valence-corrected chi connectivity index (χ4v) is 5.75. The molecule has 0 spiro atoms. The summed E-state index contributed by atoms with van der Waals surface area (Å²) in [6, 6.07) is 17.4. The molecule has 0 radical (unpaired) electrons. The summed E-state index contributed by atoms with van der Waals surface area (Å²) in [5, 5.41) is 3.49. The molecule has 38 heavy (non-hydrogen) atoms. The molecule has 0 aromatic heterocycles. The van der Waals surface area contributed by atoms with E-state index in [0.29, 0.717) is 27.7 Å². The van der Waals surface area contributed by atoms with Crippen LogP contribution >= 0.6 is 23.2 Å². The summed E-state index contributed by atoms with van der Waals surface area (Å²) in [7, 11) is -4.18. The molecule has 1 N–H and O–H groups in total. The van der Waals surface area contributed by atoms with E-state index < -0.39 is 28.5 Å². The van der Waals surface area contributed by atoms with Gasteiger partial charge in [-0.1, -0.05) is 65.2 Å². The molecule has 0 bridgehead atoms. The maximum atomic E-state index is 13.9. The van der Waals surface area contributed by atoms with Crippen molar-refractivity contribution in [3.63, 3.8) is 0 Å². The molecule has 0 heterocycles. The summed E-state index contributed by atoms with van der Waals surface area (Å²) >= 11 is 12.6. The van der Waals surface area contributed by atoms with Gasteiger partial charge in [0.15, 0.2) is 0 Å². The van der Waals surface area contributed by atoms with Crippen molar-refractivity contribution in [2.24, 2.45) is 0 Å². The van der Waals surface area contributed by atoms with Gasteiger partial charge in [0.2, 0.25) is 11.8 Å². The van der Waals surface area contributed by atoms with Crippen molar-refractivity contribution < 1.29 is 18.0 Å². The Balaban J connectivity index is 2.09. The number of carbonyl (C=O) groups excluding carboxylic acids is 2. The van der Waals surface area contributed by atoms with E-state index in [1.165, 1.54) is 23.1 Å². The Kier molecular flexibility index (Phi) is 9.82. The number of hydrogen-bond acceptors (Lipinski definition) is 4. The minimum Gasteiger partial charge on any atom is -0.355 e. The van der Waals surface area contributed by atoms with E-state index in [9.17, 15) is 18.0 Å². The van der Waals surface area contributed by atoms with Gasteiger partial charge >= 0.3 is 0 Å². The van der Waals surface area contributed by atoms with Crippen LogP contribution in [0.25, 0.3) is 0 Å². The number of halogens is 2. The van der Waals surface area contributed by atoms with Gasteiger partial charge in [0.25, 0.3) is 10.0 Å². The van der Waals surface area contributed by atoms with Crippen molar-refractivity contribution in [1.82, 2.24) is 10.2 Å². The molecule has 0 fully saturated rings. The molecular weight excluding hydrogens is 545 g/mol. The first-order valence-corrected chi connectivity index (χ1v) is 14.3. The number of rotatable bonds is 10. The number of nitrogens with zero attached hydrogens (tertiary/aromatic N) is 2. The third-order valence-electron chi connectivity index (χ3n) is 6.14. The van der Waals surface area contributed by atoms with Crippen LogP contribution in [0.2, 0.25) is 10.0 Å². The number of nitrogens with one attached hydrogen (secondary N) is 1. The number of aryl methyl sites for hydroxylation is 2. The predicted octanol–water partition coefficient (Wildman–Crippen LogP) is 5.36. The van der Waals surface area contributed by atoms with Gasteiger partial charge in [0.05, 0.1) is 10.6 Å². The SMILES string of the molecule is CCNC(=O)[C@H](C)N(Cc1ccccc1Cl)C(=O)CN(c1cc(Cl)ccc1C)S(=O)(=O)c1ccc(C)cc1. The van der Waals surface area contributed by atoms with Gasteiger partial charge in [-0.2, -0.15) is 0 Å². The zero-order chi connectivity index (χ0) is 28.0. The third-order valence-corrected chi connectivity index (χ3v) is 8.52. The second-order valence-corrected chi connectivity index (χ2v) is 11.6. The van der Waals surface area contributed by atoms with E-state index in [1.54, 1.807) is 69.3 Å². The Morgan fingerprint density at radius 1 is 0.974 bits per heavy atom. The normalized spacial score (nSPS) is 12.1. The Morgan fingerprint density at radius 2 is 1.63 bits per heavy atom. The monoisotopic (exact) mass is 575 g/mol. The summed E-state index contributed by atoms with van der Waals surface area (Å²) in [6.45, 7) is 6.83. The van der Waals surface area contributed by atoms with Crippen molar-refractivity contribution in [3.8, 4) is 0 Å². The van der Waals surface area contributed by atoms with Crippen LogP contribution in [0.1, 0.15) is 30.5 Å². The van der Waals surface area contributed by atoms with E-state index in [1.807, 2.05) is 6.92 Å². The minimum atomic E-state index is -4.18. The number of likely N-dealkylation sites (N-methyl/N-ethyl adjacent to an activating group) is 1. The molecule has 202 valence electrons. The maximum Gasteiger partial charge on any atom is 0.264 e. The van der Waals surface area contributed by atoms with E-state index in [0.717, 1.165) is 9.87 Å². The van der Waals surface area contributed by atoms with Crippen molar-refractivity contribution in [2.45, 2.75) is 45.2 Å². The highest BCUT2D eigenvalue weighted by atomic mass is 35.5. The molecule has 10 heteroatoms. The highest BCUT2D eigenvalue weighted by molar-refractivity contribution is 7.92.